The molecule has 2 aliphatic heterocycles. The van der Waals surface area contributed by atoms with Crippen LogP contribution < -0.4 is 0 Å². The van der Waals surface area contributed by atoms with E-state index >= 15 is 0 Å². The predicted octanol–water partition coefficient (Wildman–Crippen LogP) is 3.24. The summed E-state index contributed by atoms with van der Waals surface area (Å²) in [6, 6.07) is 0.830. The molecule has 0 aromatic carbocycles. The Labute approximate surface area is 140 Å². The van der Waals surface area contributed by atoms with Crippen molar-refractivity contribution in [3.05, 3.63) is 11.6 Å². The number of carbonyl (C=O) groups is 2. The highest BCUT2D eigenvalue weighted by atomic mass is 16.6. The number of aldehydes is 1. The van der Waals surface area contributed by atoms with Gasteiger partial charge in [0.2, 0.25) is 0 Å². The van der Waals surface area contributed by atoms with E-state index in [-0.39, 0.29) is 18.2 Å². The molecule has 2 fully saturated rings. The molecule has 0 saturated carbocycles. The van der Waals surface area contributed by atoms with Gasteiger partial charge in [-0.05, 0) is 46.6 Å². The average molecular weight is 324 g/mol. The topological polar surface area (TPSA) is 49.9 Å². The van der Waals surface area contributed by atoms with Crippen molar-refractivity contribution in [3.8, 4) is 0 Å². The Balaban J connectivity index is 0.00000127. The second-order valence-electron chi connectivity index (χ2n) is 7.14. The number of carbonyl (C=O) groups excluding carboxylic acids is 2. The van der Waals surface area contributed by atoms with Crippen LogP contribution in [0.4, 0.5) is 4.79 Å². The molecule has 23 heavy (non-hydrogen) atoms. The highest BCUT2D eigenvalue weighted by Gasteiger charge is 2.47. The third-order valence-electron chi connectivity index (χ3n) is 4.12. The van der Waals surface area contributed by atoms with Gasteiger partial charge in [-0.15, -0.1) is 0 Å². The quantitative estimate of drug-likeness (QED) is 0.591. The summed E-state index contributed by atoms with van der Waals surface area (Å²) in [6.45, 7) is 15.2. The van der Waals surface area contributed by atoms with Gasteiger partial charge in [0.25, 0.3) is 0 Å². The van der Waals surface area contributed by atoms with Gasteiger partial charge in [0.05, 0.1) is 0 Å². The smallest absolute Gasteiger partial charge is 0.410 e. The largest absolute Gasteiger partial charge is 0.444 e. The number of allylic oxidation sites excluding steroid dienone is 1. The van der Waals surface area contributed by atoms with Gasteiger partial charge in [-0.25, -0.2) is 4.79 Å². The number of piperazine rings is 1. The summed E-state index contributed by atoms with van der Waals surface area (Å²) in [5, 5.41) is 0. The Hall–Kier alpha value is -1.36. The maximum absolute atomic E-state index is 12.2. The minimum atomic E-state index is -0.449. The van der Waals surface area contributed by atoms with Gasteiger partial charge in [-0.2, -0.15) is 0 Å². The first-order valence-corrected chi connectivity index (χ1v) is 8.60. The molecule has 0 radical (unpaired) electrons. The van der Waals surface area contributed by atoms with Gasteiger partial charge in [-0.1, -0.05) is 19.9 Å². The molecule has 1 amide bonds. The number of hydrogen-bond acceptors (Lipinski definition) is 4. The highest BCUT2D eigenvalue weighted by molar-refractivity contribution is 5.72. The number of fused-ring (bicyclic) bond motifs is 2. The summed E-state index contributed by atoms with van der Waals surface area (Å²) in [4.78, 5) is 27.1. The second kappa shape index (κ2) is 7.95. The van der Waals surface area contributed by atoms with Crippen LogP contribution >= 0.6 is 0 Å². The summed E-state index contributed by atoms with van der Waals surface area (Å²) in [6.07, 6.45) is 3.67. The normalized spacial score (nSPS) is 25.7. The van der Waals surface area contributed by atoms with Crippen molar-refractivity contribution in [1.82, 2.24) is 9.80 Å². The van der Waals surface area contributed by atoms with Crippen LogP contribution in [-0.2, 0) is 9.53 Å². The van der Waals surface area contributed by atoms with E-state index in [1.807, 2.05) is 52.5 Å². The minimum Gasteiger partial charge on any atom is -0.444 e. The minimum absolute atomic E-state index is 0.207. The van der Waals surface area contributed by atoms with Crippen molar-refractivity contribution in [3.63, 3.8) is 0 Å². The summed E-state index contributed by atoms with van der Waals surface area (Å²) in [7, 11) is 0. The molecule has 2 saturated heterocycles. The van der Waals surface area contributed by atoms with Crippen molar-refractivity contribution in [1.29, 1.82) is 0 Å². The first-order valence-electron chi connectivity index (χ1n) is 8.60. The Morgan fingerprint density at radius 2 is 1.83 bits per heavy atom. The Morgan fingerprint density at radius 3 is 2.26 bits per heavy atom. The van der Waals surface area contributed by atoms with E-state index in [1.54, 1.807) is 0 Å². The van der Waals surface area contributed by atoms with Crippen LogP contribution in [0.3, 0.4) is 0 Å². The van der Waals surface area contributed by atoms with E-state index in [0.717, 1.165) is 31.4 Å². The average Bonchev–Trinajstić information content (AvgIpc) is 3.07. The van der Waals surface area contributed by atoms with Crippen LogP contribution in [0.1, 0.15) is 54.9 Å². The second-order valence-corrected chi connectivity index (χ2v) is 7.14. The molecule has 5 nitrogen and oxygen atoms in total. The van der Waals surface area contributed by atoms with Crippen molar-refractivity contribution in [2.24, 2.45) is 0 Å². The van der Waals surface area contributed by atoms with Crippen molar-refractivity contribution in [2.45, 2.75) is 78.6 Å². The molecule has 2 rings (SSSR count). The lowest BCUT2D eigenvalue weighted by Gasteiger charge is -2.37. The standard InChI is InChI=1S/C16H26N2O3.C2H6/c1-11(10-19)6-12(2)17-8-14-7-13(17)9-18(14)15(20)21-16(3,4)5;1-2/h6,10,12-14H,7-9H2,1-5H3;1-2H3/b11-6+;. The van der Waals surface area contributed by atoms with Gasteiger partial charge in [-0.3, -0.25) is 9.69 Å². The molecular formula is C18H32N2O3. The highest BCUT2D eigenvalue weighted by Crippen LogP contribution is 2.33. The maximum atomic E-state index is 12.2. The third kappa shape index (κ3) is 5.06. The molecule has 0 aliphatic carbocycles. The van der Waals surface area contributed by atoms with Gasteiger partial charge < -0.3 is 9.64 Å². The Morgan fingerprint density at radius 1 is 1.22 bits per heavy atom. The van der Waals surface area contributed by atoms with Crippen molar-refractivity contribution in [2.75, 3.05) is 13.1 Å². The van der Waals surface area contributed by atoms with E-state index in [0.29, 0.717) is 6.04 Å². The number of rotatable bonds is 3. The van der Waals surface area contributed by atoms with Gasteiger partial charge >= 0.3 is 6.09 Å². The van der Waals surface area contributed by atoms with Crippen LogP contribution in [0.5, 0.6) is 0 Å². The van der Waals surface area contributed by atoms with E-state index in [2.05, 4.69) is 11.8 Å². The molecule has 132 valence electrons. The molecule has 0 aromatic heterocycles. The monoisotopic (exact) mass is 324 g/mol. The number of likely N-dealkylation sites (tertiary alicyclic amines) is 2. The fourth-order valence-corrected chi connectivity index (χ4v) is 3.26. The van der Waals surface area contributed by atoms with E-state index in [4.69, 9.17) is 4.74 Å². The van der Waals surface area contributed by atoms with E-state index in [1.165, 1.54) is 0 Å². The Kier molecular flexibility index (Phi) is 6.81. The molecular weight excluding hydrogens is 292 g/mol. The number of amides is 1. The molecule has 3 unspecified atom stereocenters. The van der Waals surface area contributed by atoms with Gasteiger partial charge in [0.1, 0.15) is 11.9 Å². The van der Waals surface area contributed by atoms with Crippen LogP contribution in [0.15, 0.2) is 11.6 Å². The zero-order valence-corrected chi connectivity index (χ0v) is 15.6. The lowest BCUT2D eigenvalue weighted by molar-refractivity contribution is -0.104. The zero-order chi connectivity index (χ0) is 17.8. The Bertz CT molecular complexity index is 454. The number of nitrogens with zero attached hydrogens (tertiary/aromatic N) is 2. The first-order chi connectivity index (χ1) is 10.7. The zero-order valence-electron chi connectivity index (χ0n) is 15.6. The lowest BCUT2D eigenvalue weighted by atomic mass is 10.1. The van der Waals surface area contributed by atoms with E-state index < -0.39 is 5.60 Å². The molecule has 3 atom stereocenters. The summed E-state index contributed by atoms with van der Waals surface area (Å²) < 4.78 is 5.46. The van der Waals surface area contributed by atoms with E-state index in [9.17, 15) is 9.59 Å². The summed E-state index contributed by atoms with van der Waals surface area (Å²) in [5.41, 5.74) is 0.310. The number of hydrogen-bond donors (Lipinski definition) is 0. The van der Waals surface area contributed by atoms with Gasteiger partial charge in [0.15, 0.2) is 0 Å². The van der Waals surface area contributed by atoms with Crippen LogP contribution in [0.2, 0.25) is 0 Å². The SMILES string of the molecule is C/C(C=O)=C\C(C)N1CC2CC1CN2C(=O)OC(C)(C)C.CC. The molecule has 2 bridgehead atoms. The van der Waals surface area contributed by atoms with Gasteiger partial charge in [0, 0.05) is 31.2 Å². The fourth-order valence-electron chi connectivity index (χ4n) is 3.26. The molecule has 2 heterocycles. The fraction of sp³-hybridized carbons (Fsp3) is 0.778. The first kappa shape index (κ1) is 19.7. The maximum Gasteiger partial charge on any atom is 0.410 e. The van der Waals surface area contributed by atoms with Crippen LogP contribution in [0, 0.1) is 0 Å². The van der Waals surface area contributed by atoms with Crippen LogP contribution in [-0.4, -0.2) is 59.0 Å². The third-order valence-corrected chi connectivity index (χ3v) is 4.12. The summed E-state index contributed by atoms with van der Waals surface area (Å²) >= 11 is 0. The van der Waals surface area contributed by atoms with Crippen molar-refractivity contribution >= 4 is 12.4 Å². The lowest BCUT2D eigenvalue weighted by Crippen LogP contribution is -2.52. The molecule has 0 spiro atoms. The van der Waals surface area contributed by atoms with Crippen LogP contribution in [0.25, 0.3) is 0 Å². The summed E-state index contributed by atoms with van der Waals surface area (Å²) in [5.74, 6) is 0. The van der Waals surface area contributed by atoms with Crippen molar-refractivity contribution < 1.29 is 14.3 Å². The molecule has 0 N–H and O–H groups in total. The molecule has 0 aromatic rings. The molecule has 5 heteroatoms. The number of ether oxygens (including phenoxy) is 1. The predicted molar refractivity (Wildman–Crippen MR) is 92.5 cm³/mol. The molecule has 2 aliphatic rings.